The van der Waals surface area contributed by atoms with Gasteiger partial charge in [-0.25, -0.2) is 0 Å². The second-order valence-electron chi connectivity index (χ2n) is 7.08. The fourth-order valence-corrected chi connectivity index (χ4v) is 3.68. The quantitative estimate of drug-likeness (QED) is 0.284. The van der Waals surface area contributed by atoms with Crippen molar-refractivity contribution >= 4 is 5.97 Å². The second-order valence-corrected chi connectivity index (χ2v) is 7.08. The van der Waals surface area contributed by atoms with Gasteiger partial charge in [-0.1, -0.05) is 51.2 Å². The molecule has 0 heterocycles. The van der Waals surface area contributed by atoms with Crippen molar-refractivity contribution in [2.24, 2.45) is 11.8 Å². The minimum atomic E-state index is -0.511. The number of hydrogen-bond donors (Lipinski definition) is 3. The normalized spacial score (nSPS) is 27.7. The van der Waals surface area contributed by atoms with Crippen molar-refractivity contribution in [3.05, 3.63) is 12.2 Å². The number of aliphatic hydroxyl groups is 3. The molecule has 0 radical (unpaired) electrons. The minimum absolute atomic E-state index is 0.0578. The first-order valence-corrected chi connectivity index (χ1v) is 9.87. The summed E-state index contributed by atoms with van der Waals surface area (Å²) in [6.07, 6.45) is 9.57. The van der Waals surface area contributed by atoms with E-state index in [2.05, 4.69) is 0 Å². The lowest BCUT2D eigenvalue weighted by atomic mass is 9.90. The van der Waals surface area contributed by atoms with Gasteiger partial charge in [-0.2, -0.15) is 0 Å². The van der Waals surface area contributed by atoms with Crippen molar-refractivity contribution in [3.8, 4) is 0 Å². The first-order valence-electron chi connectivity index (χ1n) is 9.87. The molecule has 5 heteroatoms. The van der Waals surface area contributed by atoms with Crippen LogP contribution in [-0.2, 0) is 9.53 Å². The van der Waals surface area contributed by atoms with Crippen molar-refractivity contribution < 1.29 is 24.9 Å². The summed E-state index contributed by atoms with van der Waals surface area (Å²) in [6, 6.07) is 0. The lowest BCUT2D eigenvalue weighted by Gasteiger charge is -2.19. The van der Waals surface area contributed by atoms with Crippen molar-refractivity contribution in [1.29, 1.82) is 0 Å². The van der Waals surface area contributed by atoms with Crippen LogP contribution >= 0.6 is 0 Å². The molecule has 3 N–H and O–H groups in total. The summed E-state index contributed by atoms with van der Waals surface area (Å²) < 4.78 is 4.89. The Labute approximate surface area is 152 Å². The SMILES string of the molecule is CCOC(=O)CCCCCCC[C@@H](O)/C=C/[C@H]1[C@@H](CC)[C@H](O)C[C@@H]1O. The monoisotopic (exact) mass is 356 g/mol. The summed E-state index contributed by atoms with van der Waals surface area (Å²) in [6.45, 7) is 4.28. The number of carbonyl (C=O) groups is 1. The Balaban J connectivity index is 2.12. The third-order valence-electron chi connectivity index (χ3n) is 5.13. The molecule has 0 spiro atoms. The Morgan fingerprint density at radius 1 is 1.12 bits per heavy atom. The van der Waals surface area contributed by atoms with E-state index in [-0.39, 0.29) is 17.8 Å². The van der Waals surface area contributed by atoms with Gasteiger partial charge in [0.25, 0.3) is 0 Å². The fourth-order valence-electron chi connectivity index (χ4n) is 3.68. The van der Waals surface area contributed by atoms with E-state index in [9.17, 15) is 20.1 Å². The topological polar surface area (TPSA) is 87.0 Å². The zero-order valence-electron chi connectivity index (χ0n) is 15.8. The third-order valence-corrected chi connectivity index (χ3v) is 5.13. The Morgan fingerprint density at radius 2 is 1.80 bits per heavy atom. The van der Waals surface area contributed by atoms with Crippen molar-refractivity contribution in [2.45, 2.75) is 89.9 Å². The van der Waals surface area contributed by atoms with E-state index in [0.29, 0.717) is 25.9 Å². The highest BCUT2D eigenvalue weighted by Crippen LogP contribution is 2.35. The van der Waals surface area contributed by atoms with Gasteiger partial charge in [-0.15, -0.1) is 0 Å². The van der Waals surface area contributed by atoms with Crippen LogP contribution in [0.5, 0.6) is 0 Å². The summed E-state index contributed by atoms with van der Waals surface area (Å²) in [7, 11) is 0. The zero-order valence-corrected chi connectivity index (χ0v) is 15.8. The Bertz CT molecular complexity index is 396. The highest BCUT2D eigenvalue weighted by Gasteiger charge is 2.38. The molecule has 0 aromatic carbocycles. The van der Waals surface area contributed by atoms with Crippen LogP contribution in [0, 0.1) is 11.8 Å². The van der Waals surface area contributed by atoms with E-state index in [4.69, 9.17) is 4.74 Å². The molecular weight excluding hydrogens is 320 g/mol. The molecule has 5 nitrogen and oxygen atoms in total. The standard InChI is InChI=1S/C20H36O5/c1-3-16-17(19(23)14-18(16)22)13-12-15(21)10-8-6-5-7-9-11-20(24)25-4-2/h12-13,15-19,21-23H,3-11,14H2,1-2H3/b13-12+/t15-,16-,17+,18-,19+/m1/s1. The van der Waals surface area contributed by atoms with E-state index in [1.54, 1.807) is 6.08 Å². The summed E-state index contributed by atoms with van der Waals surface area (Å²) in [4.78, 5) is 11.2. The number of hydrogen-bond acceptors (Lipinski definition) is 5. The van der Waals surface area contributed by atoms with E-state index >= 15 is 0 Å². The summed E-state index contributed by atoms with van der Waals surface area (Å²) in [5, 5.41) is 30.0. The maximum absolute atomic E-state index is 11.2. The van der Waals surface area contributed by atoms with Crippen LogP contribution in [0.1, 0.15) is 71.6 Å². The smallest absolute Gasteiger partial charge is 0.305 e. The summed E-state index contributed by atoms with van der Waals surface area (Å²) in [5.74, 6) is -0.0944. The zero-order chi connectivity index (χ0) is 18.7. The molecule has 1 aliphatic carbocycles. The van der Waals surface area contributed by atoms with Crippen LogP contribution in [0.4, 0.5) is 0 Å². The molecule has 1 saturated carbocycles. The number of unbranched alkanes of at least 4 members (excludes halogenated alkanes) is 4. The van der Waals surface area contributed by atoms with Crippen LogP contribution in [0.25, 0.3) is 0 Å². The molecule has 1 fully saturated rings. The number of ether oxygens (including phenoxy) is 1. The van der Waals surface area contributed by atoms with Crippen molar-refractivity contribution in [1.82, 2.24) is 0 Å². The van der Waals surface area contributed by atoms with Gasteiger partial charge in [0.1, 0.15) is 0 Å². The van der Waals surface area contributed by atoms with Gasteiger partial charge in [-0.05, 0) is 25.7 Å². The number of aliphatic hydroxyl groups excluding tert-OH is 3. The van der Waals surface area contributed by atoms with Gasteiger partial charge < -0.3 is 20.1 Å². The van der Waals surface area contributed by atoms with Crippen LogP contribution in [0.2, 0.25) is 0 Å². The maximum Gasteiger partial charge on any atom is 0.305 e. The molecule has 1 rings (SSSR count). The van der Waals surface area contributed by atoms with Crippen LogP contribution in [0.15, 0.2) is 12.2 Å². The number of esters is 1. The van der Waals surface area contributed by atoms with E-state index in [0.717, 1.165) is 38.5 Å². The highest BCUT2D eigenvalue weighted by atomic mass is 16.5. The largest absolute Gasteiger partial charge is 0.466 e. The van der Waals surface area contributed by atoms with Gasteiger partial charge in [0.2, 0.25) is 0 Å². The molecule has 0 aromatic rings. The third kappa shape index (κ3) is 8.34. The molecule has 0 bridgehead atoms. The molecule has 0 aliphatic heterocycles. The maximum atomic E-state index is 11.2. The molecule has 1 aliphatic rings. The molecule has 0 aromatic heterocycles. The Kier molecular flexibility index (Phi) is 11.0. The molecule has 25 heavy (non-hydrogen) atoms. The Morgan fingerprint density at radius 3 is 2.48 bits per heavy atom. The predicted octanol–water partition coefficient (Wildman–Crippen LogP) is 2.97. The average Bonchev–Trinajstić information content (AvgIpc) is 2.85. The summed E-state index contributed by atoms with van der Waals surface area (Å²) in [5.41, 5.74) is 0. The molecule has 146 valence electrons. The van der Waals surface area contributed by atoms with Crippen molar-refractivity contribution in [2.75, 3.05) is 6.61 Å². The fraction of sp³-hybridized carbons (Fsp3) is 0.850. The van der Waals surface area contributed by atoms with Gasteiger partial charge >= 0.3 is 5.97 Å². The van der Waals surface area contributed by atoms with Gasteiger partial charge in [0.05, 0.1) is 24.9 Å². The number of rotatable bonds is 12. The lowest BCUT2D eigenvalue weighted by Crippen LogP contribution is -2.20. The van der Waals surface area contributed by atoms with Crippen molar-refractivity contribution in [3.63, 3.8) is 0 Å². The molecule has 0 amide bonds. The first-order chi connectivity index (χ1) is 12.0. The van der Waals surface area contributed by atoms with Crippen LogP contribution in [0.3, 0.4) is 0 Å². The van der Waals surface area contributed by atoms with E-state index in [1.165, 1.54) is 0 Å². The predicted molar refractivity (Wildman–Crippen MR) is 98.0 cm³/mol. The Hall–Kier alpha value is -0.910. The van der Waals surface area contributed by atoms with Gasteiger partial charge in [0, 0.05) is 18.8 Å². The van der Waals surface area contributed by atoms with Gasteiger partial charge in [0.15, 0.2) is 0 Å². The highest BCUT2D eigenvalue weighted by molar-refractivity contribution is 5.69. The van der Waals surface area contributed by atoms with E-state index in [1.807, 2.05) is 19.9 Å². The molecule has 5 atom stereocenters. The van der Waals surface area contributed by atoms with Crippen LogP contribution in [-0.4, -0.2) is 46.2 Å². The lowest BCUT2D eigenvalue weighted by molar-refractivity contribution is -0.143. The minimum Gasteiger partial charge on any atom is -0.466 e. The molecule has 0 saturated heterocycles. The first kappa shape index (κ1) is 22.1. The average molecular weight is 357 g/mol. The summed E-state index contributed by atoms with van der Waals surface area (Å²) >= 11 is 0. The number of carbonyl (C=O) groups excluding carboxylic acids is 1. The molecule has 0 unspecified atom stereocenters. The second kappa shape index (κ2) is 12.4. The molecular formula is C20H36O5. The van der Waals surface area contributed by atoms with Gasteiger partial charge in [-0.3, -0.25) is 4.79 Å². The van der Waals surface area contributed by atoms with E-state index < -0.39 is 18.3 Å². The van der Waals surface area contributed by atoms with Crippen LogP contribution < -0.4 is 0 Å².